The van der Waals surface area contributed by atoms with E-state index in [4.69, 9.17) is 11.6 Å². The molecular formula is C21H17Cl. The maximum atomic E-state index is 6.22. The van der Waals surface area contributed by atoms with Crippen molar-refractivity contribution in [3.05, 3.63) is 82.9 Å². The highest BCUT2D eigenvalue weighted by molar-refractivity contribution is 6.30. The summed E-state index contributed by atoms with van der Waals surface area (Å²) in [7, 11) is 0. The summed E-state index contributed by atoms with van der Waals surface area (Å²) >= 11 is 6.22. The lowest BCUT2D eigenvalue weighted by Gasteiger charge is -2.21. The minimum atomic E-state index is 0.00475. The molecule has 108 valence electrons. The lowest BCUT2D eigenvalue weighted by Crippen LogP contribution is -2.14. The van der Waals surface area contributed by atoms with Crippen LogP contribution in [0.3, 0.4) is 0 Å². The van der Waals surface area contributed by atoms with Crippen molar-refractivity contribution in [3.8, 4) is 22.3 Å². The quantitative estimate of drug-likeness (QED) is 0.494. The molecule has 22 heavy (non-hydrogen) atoms. The number of rotatable bonds is 1. The molecule has 0 aliphatic heterocycles. The van der Waals surface area contributed by atoms with Gasteiger partial charge in [-0.05, 0) is 51.6 Å². The Labute approximate surface area is 136 Å². The molecule has 1 heteroatoms. The average molecular weight is 305 g/mol. The number of hydrogen-bond donors (Lipinski definition) is 0. The fourth-order valence-corrected chi connectivity index (χ4v) is 3.71. The molecule has 0 aromatic heterocycles. The van der Waals surface area contributed by atoms with Gasteiger partial charge in [0.05, 0.1) is 0 Å². The summed E-state index contributed by atoms with van der Waals surface area (Å²) in [6.45, 7) is 4.55. The molecule has 0 spiro atoms. The van der Waals surface area contributed by atoms with Crippen LogP contribution in [0.4, 0.5) is 0 Å². The predicted molar refractivity (Wildman–Crippen MR) is 94.5 cm³/mol. The maximum absolute atomic E-state index is 6.22. The molecule has 0 amide bonds. The summed E-state index contributed by atoms with van der Waals surface area (Å²) in [5, 5.41) is 0.808. The van der Waals surface area contributed by atoms with Gasteiger partial charge in [0.1, 0.15) is 0 Å². The molecule has 0 radical (unpaired) electrons. The SMILES string of the molecule is CC1(C)c2ccc(-c3ccccc3)cc2-c2ccc(Cl)cc21. The minimum Gasteiger partial charge on any atom is -0.0843 e. The highest BCUT2D eigenvalue weighted by atomic mass is 35.5. The van der Waals surface area contributed by atoms with Gasteiger partial charge < -0.3 is 0 Å². The second kappa shape index (κ2) is 4.72. The van der Waals surface area contributed by atoms with Crippen LogP contribution in [0.15, 0.2) is 66.7 Å². The molecule has 0 N–H and O–H groups in total. The molecule has 0 unspecified atom stereocenters. The zero-order chi connectivity index (χ0) is 15.3. The van der Waals surface area contributed by atoms with Gasteiger partial charge in [0.25, 0.3) is 0 Å². The van der Waals surface area contributed by atoms with Crippen LogP contribution in [0.2, 0.25) is 5.02 Å². The first-order valence-corrected chi connectivity index (χ1v) is 7.95. The Morgan fingerprint density at radius 1 is 0.682 bits per heavy atom. The van der Waals surface area contributed by atoms with E-state index in [1.807, 2.05) is 6.07 Å². The monoisotopic (exact) mass is 304 g/mol. The van der Waals surface area contributed by atoms with Crippen molar-refractivity contribution in [1.82, 2.24) is 0 Å². The summed E-state index contributed by atoms with van der Waals surface area (Å²) in [6, 6.07) is 23.6. The summed E-state index contributed by atoms with van der Waals surface area (Å²) < 4.78 is 0. The fourth-order valence-electron chi connectivity index (χ4n) is 3.54. The zero-order valence-electron chi connectivity index (χ0n) is 12.7. The summed E-state index contributed by atoms with van der Waals surface area (Å²) in [4.78, 5) is 0. The van der Waals surface area contributed by atoms with Crippen molar-refractivity contribution in [2.75, 3.05) is 0 Å². The Hall–Kier alpha value is -2.05. The number of hydrogen-bond acceptors (Lipinski definition) is 0. The van der Waals surface area contributed by atoms with E-state index in [0.29, 0.717) is 0 Å². The summed E-state index contributed by atoms with van der Waals surface area (Å²) in [6.07, 6.45) is 0. The molecule has 3 aromatic carbocycles. The van der Waals surface area contributed by atoms with Gasteiger partial charge in [-0.15, -0.1) is 0 Å². The summed E-state index contributed by atoms with van der Waals surface area (Å²) in [5.41, 5.74) is 7.86. The van der Waals surface area contributed by atoms with Crippen molar-refractivity contribution < 1.29 is 0 Å². The van der Waals surface area contributed by atoms with Crippen LogP contribution < -0.4 is 0 Å². The first-order valence-electron chi connectivity index (χ1n) is 7.58. The molecule has 0 fully saturated rings. The van der Waals surface area contributed by atoms with Crippen LogP contribution in [0.25, 0.3) is 22.3 Å². The Morgan fingerprint density at radius 2 is 1.45 bits per heavy atom. The van der Waals surface area contributed by atoms with Gasteiger partial charge in [0, 0.05) is 10.4 Å². The highest BCUT2D eigenvalue weighted by Crippen LogP contribution is 2.50. The molecule has 0 nitrogen and oxygen atoms in total. The molecule has 0 saturated heterocycles. The second-order valence-corrected chi connectivity index (χ2v) is 6.88. The van der Waals surface area contributed by atoms with Crippen molar-refractivity contribution in [3.63, 3.8) is 0 Å². The molecular weight excluding hydrogens is 288 g/mol. The Kier molecular flexibility index (Phi) is 2.92. The van der Waals surface area contributed by atoms with E-state index in [9.17, 15) is 0 Å². The molecule has 0 heterocycles. The number of halogens is 1. The van der Waals surface area contributed by atoms with Gasteiger partial charge >= 0.3 is 0 Å². The Balaban J connectivity index is 1.96. The van der Waals surface area contributed by atoms with Crippen molar-refractivity contribution in [2.45, 2.75) is 19.3 Å². The van der Waals surface area contributed by atoms with Crippen LogP contribution >= 0.6 is 11.6 Å². The van der Waals surface area contributed by atoms with Gasteiger partial charge in [-0.25, -0.2) is 0 Å². The molecule has 0 bridgehead atoms. The van der Waals surface area contributed by atoms with E-state index in [1.54, 1.807) is 0 Å². The third kappa shape index (κ3) is 1.91. The average Bonchev–Trinajstić information content (AvgIpc) is 2.76. The van der Waals surface area contributed by atoms with Gasteiger partial charge in [-0.3, -0.25) is 0 Å². The second-order valence-electron chi connectivity index (χ2n) is 6.44. The molecule has 0 atom stereocenters. The normalized spacial score (nSPS) is 14.5. The number of benzene rings is 3. The zero-order valence-corrected chi connectivity index (χ0v) is 13.5. The number of fused-ring (bicyclic) bond motifs is 3. The van der Waals surface area contributed by atoms with Crippen LogP contribution in [0.5, 0.6) is 0 Å². The van der Waals surface area contributed by atoms with Crippen LogP contribution in [0, 0.1) is 0 Å². The van der Waals surface area contributed by atoms with E-state index >= 15 is 0 Å². The third-order valence-electron chi connectivity index (χ3n) is 4.75. The van der Waals surface area contributed by atoms with E-state index in [-0.39, 0.29) is 5.41 Å². The Morgan fingerprint density at radius 3 is 2.23 bits per heavy atom. The van der Waals surface area contributed by atoms with Crippen molar-refractivity contribution in [2.24, 2.45) is 0 Å². The first kappa shape index (κ1) is 13.6. The highest BCUT2D eigenvalue weighted by Gasteiger charge is 2.35. The molecule has 0 saturated carbocycles. The van der Waals surface area contributed by atoms with Gasteiger partial charge in [0.2, 0.25) is 0 Å². The topological polar surface area (TPSA) is 0 Å². The van der Waals surface area contributed by atoms with Crippen LogP contribution in [0.1, 0.15) is 25.0 Å². The van der Waals surface area contributed by atoms with Gasteiger partial charge in [-0.2, -0.15) is 0 Å². The van der Waals surface area contributed by atoms with Crippen molar-refractivity contribution >= 4 is 11.6 Å². The predicted octanol–water partition coefficient (Wildman–Crippen LogP) is 6.31. The first-order chi connectivity index (χ1) is 10.6. The summed E-state index contributed by atoms with van der Waals surface area (Å²) in [5.74, 6) is 0. The standard InChI is InChI=1S/C21H17Cl/c1-21(2)19-11-8-15(14-6-4-3-5-7-14)12-18(19)17-10-9-16(22)13-20(17)21/h3-13H,1-2H3. The van der Waals surface area contributed by atoms with E-state index < -0.39 is 0 Å². The van der Waals surface area contributed by atoms with E-state index in [1.165, 1.54) is 33.4 Å². The van der Waals surface area contributed by atoms with Crippen molar-refractivity contribution in [1.29, 1.82) is 0 Å². The maximum Gasteiger partial charge on any atom is 0.0409 e. The fraction of sp³-hybridized carbons (Fsp3) is 0.143. The van der Waals surface area contributed by atoms with E-state index in [0.717, 1.165) is 5.02 Å². The largest absolute Gasteiger partial charge is 0.0843 e. The van der Waals surface area contributed by atoms with Crippen LogP contribution in [-0.2, 0) is 5.41 Å². The molecule has 1 aliphatic rings. The minimum absolute atomic E-state index is 0.00475. The molecule has 4 rings (SSSR count). The lowest BCUT2D eigenvalue weighted by atomic mass is 9.82. The van der Waals surface area contributed by atoms with Gasteiger partial charge in [0.15, 0.2) is 0 Å². The van der Waals surface area contributed by atoms with E-state index in [2.05, 4.69) is 74.5 Å². The lowest BCUT2D eigenvalue weighted by molar-refractivity contribution is 0.660. The van der Waals surface area contributed by atoms with Gasteiger partial charge in [-0.1, -0.05) is 74.0 Å². The smallest absolute Gasteiger partial charge is 0.0409 e. The molecule has 1 aliphatic carbocycles. The van der Waals surface area contributed by atoms with Crippen LogP contribution in [-0.4, -0.2) is 0 Å². The molecule has 3 aromatic rings. The third-order valence-corrected chi connectivity index (χ3v) is 4.98. The Bertz CT molecular complexity index is 860.